The van der Waals surface area contributed by atoms with E-state index in [1.165, 1.54) is 18.4 Å². The number of benzene rings is 1. The summed E-state index contributed by atoms with van der Waals surface area (Å²) in [6, 6.07) is 10.5. The van der Waals surface area contributed by atoms with E-state index >= 15 is 0 Å². The van der Waals surface area contributed by atoms with E-state index in [-0.39, 0.29) is 0 Å². The Bertz CT molecular complexity index is 286. The molecule has 1 aliphatic heterocycles. The molecule has 0 aliphatic carbocycles. The lowest BCUT2D eigenvalue weighted by atomic mass is 10.2. The Hall–Kier alpha value is -0.860. The van der Waals surface area contributed by atoms with Crippen LogP contribution >= 0.6 is 0 Å². The Balaban J connectivity index is 1.60. The molecule has 2 nitrogen and oxygen atoms in total. The van der Waals surface area contributed by atoms with Crippen molar-refractivity contribution in [1.82, 2.24) is 5.32 Å². The molecule has 15 heavy (non-hydrogen) atoms. The van der Waals surface area contributed by atoms with E-state index in [4.69, 9.17) is 4.74 Å². The van der Waals surface area contributed by atoms with Gasteiger partial charge in [0.25, 0.3) is 0 Å². The van der Waals surface area contributed by atoms with Crippen LogP contribution in [0.25, 0.3) is 0 Å². The smallest absolute Gasteiger partial charge is 0.0965 e. The summed E-state index contributed by atoms with van der Waals surface area (Å²) in [5.41, 5.74) is 1.34. The Kier molecular flexibility index (Phi) is 3.75. The fraction of sp³-hybridized carbons (Fsp3) is 0.538. The molecular formula is C13H19NO. The largest absolute Gasteiger partial charge is 0.368 e. The van der Waals surface area contributed by atoms with Gasteiger partial charge in [-0.3, -0.25) is 0 Å². The lowest BCUT2D eigenvalue weighted by molar-refractivity contribution is 0.356. The Labute approximate surface area is 91.6 Å². The van der Waals surface area contributed by atoms with Crippen LogP contribution in [0.3, 0.4) is 0 Å². The molecule has 2 atom stereocenters. The topological polar surface area (TPSA) is 24.6 Å². The minimum Gasteiger partial charge on any atom is -0.368 e. The second kappa shape index (κ2) is 5.29. The normalized spacial score (nSPS) is 24.1. The zero-order chi connectivity index (χ0) is 10.5. The fourth-order valence-corrected chi connectivity index (χ4v) is 1.85. The van der Waals surface area contributed by atoms with Gasteiger partial charge in [-0.15, -0.1) is 0 Å². The van der Waals surface area contributed by atoms with Gasteiger partial charge in [0, 0.05) is 13.1 Å². The second-order valence-electron chi connectivity index (χ2n) is 4.12. The number of hydrogen-bond donors (Lipinski definition) is 1. The van der Waals surface area contributed by atoms with E-state index in [1.54, 1.807) is 0 Å². The molecule has 1 fully saturated rings. The highest BCUT2D eigenvalue weighted by atomic mass is 16.6. The quantitative estimate of drug-likeness (QED) is 0.721. The van der Waals surface area contributed by atoms with Gasteiger partial charge in [-0.25, -0.2) is 0 Å². The number of nitrogens with one attached hydrogen (secondary N) is 1. The first-order valence-electron chi connectivity index (χ1n) is 5.80. The molecular weight excluding hydrogens is 186 g/mol. The summed E-state index contributed by atoms with van der Waals surface area (Å²) in [4.78, 5) is 0. The third-order valence-electron chi connectivity index (χ3n) is 2.78. The Morgan fingerprint density at radius 3 is 2.73 bits per heavy atom. The van der Waals surface area contributed by atoms with Crippen LogP contribution in [0.5, 0.6) is 0 Å². The molecule has 0 aromatic heterocycles. The molecule has 0 saturated carbocycles. The van der Waals surface area contributed by atoms with Gasteiger partial charge in [0.15, 0.2) is 0 Å². The van der Waals surface area contributed by atoms with Crippen LogP contribution in [-0.4, -0.2) is 18.8 Å². The molecule has 1 aromatic rings. The molecule has 0 bridgehead atoms. The number of rotatable bonds is 6. The molecule has 2 heteroatoms. The minimum absolute atomic E-state index is 0.466. The SMILES string of the molecule is CCC[C@H]1O[C@H]1CNCc1ccccc1. The number of ether oxygens (including phenoxy) is 1. The molecule has 1 aliphatic rings. The highest BCUT2D eigenvalue weighted by molar-refractivity contribution is 5.14. The van der Waals surface area contributed by atoms with E-state index in [2.05, 4.69) is 36.5 Å². The van der Waals surface area contributed by atoms with Crippen LogP contribution in [0.15, 0.2) is 30.3 Å². The van der Waals surface area contributed by atoms with E-state index in [0.29, 0.717) is 12.2 Å². The Morgan fingerprint density at radius 2 is 2.00 bits per heavy atom. The van der Waals surface area contributed by atoms with Crippen molar-refractivity contribution in [2.24, 2.45) is 0 Å². The van der Waals surface area contributed by atoms with E-state index in [0.717, 1.165) is 13.1 Å². The van der Waals surface area contributed by atoms with E-state index in [9.17, 15) is 0 Å². The first-order valence-corrected chi connectivity index (χ1v) is 5.80. The van der Waals surface area contributed by atoms with Gasteiger partial charge in [-0.05, 0) is 12.0 Å². The molecule has 82 valence electrons. The second-order valence-corrected chi connectivity index (χ2v) is 4.12. The van der Waals surface area contributed by atoms with Crippen LogP contribution in [-0.2, 0) is 11.3 Å². The lowest BCUT2D eigenvalue weighted by Crippen LogP contribution is -2.20. The van der Waals surface area contributed by atoms with Crippen molar-refractivity contribution < 1.29 is 4.74 Å². The molecule has 0 radical (unpaired) electrons. The number of hydrogen-bond acceptors (Lipinski definition) is 2. The highest BCUT2D eigenvalue weighted by Gasteiger charge is 2.36. The first-order chi connectivity index (χ1) is 7.40. The van der Waals surface area contributed by atoms with Crippen LogP contribution in [0, 0.1) is 0 Å². The molecule has 0 amide bonds. The maximum absolute atomic E-state index is 5.53. The molecule has 0 spiro atoms. The predicted octanol–water partition coefficient (Wildman–Crippen LogP) is 2.34. The van der Waals surface area contributed by atoms with Crippen molar-refractivity contribution in [3.05, 3.63) is 35.9 Å². The van der Waals surface area contributed by atoms with Gasteiger partial charge in [0.2, 0.25) is 0 Å². The van der Waals surface area contributed by atoms with Crippen molar-refractivity contribution in [1.29, 1.82) is 0 Å². The van der Waals surface area contributed by atoms with Crippen molar-refractivity contribution in [2.75, 3.05) is 6.54 Å². The van der Waals surface area contributed by atoms with Crippen LogP contribution in [0.1, 0.15) is 25.3 Å². The third kappa shape index (κ3) is 3.33. The zero-order valence-corrected chi connectivity index (χ0v) is 9.28. The van der Waals surface area contributed by atoms with Gasteiger partial charge < -0.3 is 10.1 Å². The van der Waals surface area contributed by atoms with Gasteiger partial charge in [-0.2, -0.15) is 0 Å². The summed E-state index contributed by atoms with van der Waals surface area (Å²) in [6.07, 6.45) is 3.42. The lowest BCUT2D eigenvalue weighted by Gasteiger charge is -2.02. The highest BCUT2D eigenvalue weighted by Crippen LogP contribution is 2.25. The molecule has 1 saturated heterocycles. The van der Waals surface area contributed by atoms with Crippen molar-refractivity contribution in [3.63, 3.8) is 0 Å². The maximum atomic E-state index is 5.53. The molecule has 1 N–H and O–H groups in total. The van der Waals surface area contributed by atoms with Crippen LogP contribution in [0.4, 0.5) is 0 Å². The predicted molar refractivity (Wildman–Crippen MR) is 61.7 cm³/mol. The summed E-state index contributed by atoms with van der Waals surface area (Å²) < 4.78 is 5.53. The van der Waals surface area contributed by atoms with Gasteiger partial charge in [0.05, 0.1) is 12.2 Å². The first kappa shape index (κ1) is 10.7. The fourth-order valence-electron chi connectivity index (χ4n) is 1.85. The van der Waals surface area contributed by atoms with Gasteiger partial charge >= 0.3 is 0 Å². The van der Waals surface area contributed by atoms with Gasteiger partial charge in [0.1, 0.15) is 0 Å². The summed E-state index contributed by atoms with van der Waals surface area (Å²) in [6.45, 7) is 4.13. The summed E-state index contributed by atoms with van der Waals surface area (Å²) in [5.74, 6) is 0. The van der Waals surface area contributed by atoms with E-state index in [1.807, 2.05) is 6.07 Å². The van der Waals surface area contributed by atoms with Crippen LogP contribution in [0.2, 0.25) is 0 Å². The summed E-state index contributed by atoms with van der Waals surface area (Å²) >= 11 is 0. The summed E-state index contributed by atoms with van der Waals surface area (Å²) in [7, 11) is 0. The van der Waals surface area contributed by atoms with Crippen molar-refractivity contribution >= 4 is 0 Å². The zero-order valence-electron chi connectivity index (χ0n) is 9.28. The van der Waals surface area contributed by atoms with Crippen molar-refractivity contribution in [3.8, 4) is 0 Å². The van der Waals surface area contributed by atoms with Crippen molar-refractivity contribution in [2.45, 2.75) is 38.5 Å². The standard InChI is InChI=1S/C13H19NO/c1-2-6-12-13(15-12)10-14-9-11-7-4-3-5-8-11/h3-5,7-8,12-14H,2,6,9-10H2,1H3/t12-,13+/m1/s1. The molecule has 0 unspecified atom stereocenters. The maximum Gasteiger partial charge on any atom is 0.0965 e. The molecule has 1 aromatic carbocycles. The van der Waals surface area contributed by atoms with Gasteiger partial charge in [-0.1, -0.05) is 43.7 Å². The average Bonchev–Trinajstić information content (AvgIpc) is 2.99. The molecule has 1 heterocycles. The minimum atomic E-state index is 0.466. The number of epoxide rings is 1. The Morgan fingerprint density at radius 1 is 1.20 bits per heavy atom. The van der Waals surface area contributed by atoms with E-state index < -0.39 is 0 Å². The monoisotopic (exact) mass is 205 g/mol. The molecule has 2 rings (SSSR count). The third-order valence-corrected chi connectivity index (χ3v) is 2.78. The van der Waals surface area contributed by atoms with Crippen LogP contribution < -0.4 is 5.32 Å². The average molecular weight is 205 g/mol. The summed E-state index contributed by atoms with van der Waals surface area (Å²) in [5, 5.41) is 3.43.